The van der Waals surface area contributed by atoms with Crippen molar-refractivity contribution in [1.29, 1.82) is 0 Å². The number of anilines is 1. The summed E-state index contributed by atoms with van der Waals surface area (Å²) >= 11 is 0. The number of unbranched alkanes of at least 4 members (excludes halogenated alkanes) is 3. The van der Waals surface area contributed by atoms with Crippen molar-refractivity contribution in [2.75, 3.05) is 31.6 Å². The van der Waals surface area contributed by atoms with Crippen LogP contribution in [-0.2, 0) is 0 Å². The average molecular weight is 560 g/mol. The van der Waals surface area contributed by atoms with Gasteiger partial charge < -0.3 is 30.9 Å². The minimum atomic E-state index is -1.10. The molecule has 1 atom stereocenters. The van der Waals surface area contributed by atoms with Crippen molar-refractivity contribution in [2.24, 2.45) is 0 Å². The molecule has 8 nitrogen and oxygen atoms in total. The monoisotopic (exact) mass is 559 g/mol. The van der Waals surface area contributed by atoms with Crippen molar-refractivity contribution in [3.05, 3.63) is 87.2 Å². The van der Waals surface area contributed by atoms with E-state index in [2.05, 4.69) is 35.9 Å². The van der Waals surface area contributed by atoms with Crippen LogP contribution in [0.1, 0.15) is 83.9 Å². The molecular weight excluding hydrogens is 518 g/mol. The molecule has 0 aromatic heterocycles. The SMILES string of the molecule is CCNc1cc2c(cc1C)C(c1ccc(C(=O)NCCCCCCO)cc1C(=O)O)=C1C=C(C)C(NCC)C=C1O2. The molecule has 218 valence electrons. The normalized spacial score (nSPS) is 15.8. The number of likely N-dealkylation sites (N-methyl/N-ethyl adjacent to an activating group) is 1. The molecule has 0 radical (unpaired) electrons. The molecule has 1 aliphatic heterocycles. The number of allylic oxidation sites excluding steroid dienone is 1. The number of aliphatic hydroxyl groups is 1. The molecule has 8 heteroatoms. The number of rotatable bonds is 13. The van der Waals surface area contributed by atoms with Crippen LogP contribution in [-0.4, -0.2) is 54.4 Å². The minimum absolute atomic E-state index is 0.00823. The zero-order valence-corrected chi connectivity index (χ0v) is 24.4. The van der Waals surface area contributed by atoms with Gasteiger partial charge in [0.2, 0.25) is 0 Å². The Kier molecular flexibility index (Phi) is 10.0. The Labute approximate surface area is 242 Å². The summed E-state index contributed by atoms with van der Waals surface area (Å²) in [4.78, 5) is 25.5. The van der Waals surface area contributed by atoms with E-state index in [-0.39, 0.29) is 24.1 Å². The van der Waals surface area contributed by atoms with E-state index in [9.17, 15) is 14.7 Å². The van der Waals surface area contributed by atoms with E-state index in [4.69, 9.17) is 9.84 Å². The number of carboxylic acid groups (broad SMARTS) is 1. The van der Waals surface area contributed by atoms with Crippen molar-refractivity contribution in [1.82, 2.24) is 10.6 Å². The summed E-state index contributed by atoms with van der Waals surface area (Å²) in [5.41, 5.74) is 6.38. The fraction of sp³-hybridized carbons (Fsp3) is 0.394. The Morgan fingerprint density at radius 1 is 0.976 bits per heavy atom. The summed E-state index contributed by atoms with van der Waals surface area (Å²) < 4.78 is 6.45. The van der Waals surface area contributed by atoms with E-state index in [1.54, 1.807) is 12.1 Å². The van der Waals surface area contributed by atoms with Crippen molar-refractivity contribution >= 4 is 23.1 Å². The Balaban J connectivity index is 1.79. The summed E-state index contributed by atoms with van der Waals surface area (Å²) in [5, 5.41) is 29.0. The summed E-state index contributed by atoms with van der Waals surface area (Å²) in [6.07, 6.45) is 7.48. The highest BCUT2D eigenvalue weighted by Crippen LogP contribution is 2.46. The standard InChI is InChI=1S/C33H41N3O5/c1-5-34-27-18-29-25(15-20(27)3)31(26-16-21(4)28(35-6-2)19-30(26)41-29)23-12-11-22(17-24(23)33(39)40)32(38)36-13-9-7-8-10-14-37/h11-12,15-19,27,34-35,37H,5-10,13-14H2,1-4H3,(H,36,38)(H,39,40). The Hall–Kier alpha value is -3.88. The van der Waals surface area contributed by atoms with E-state index in [0.717, 1.165) is 72.3 Å². The molecule has 2 aromatic rings. The summed E-state index contributed by atoms with van der Waals surface area (Å²) in [6, 6.07) is 8.91. The first-order valence-corrected chi connectivity index (χ1v) is 14.5. The van der Waals surface area contributed by atoms with Crippen LogP contribution in [0.25, 0.3) is 5.57 Å². The highest BCUT2D eigenvalue weighted by Gasteiger charge is 2.31. The molecule has 1 unspecified atom stereocenters. The van der Waals surface area contributed by atoms with Gasteiger partial charge in [-0.15, -0.1) is 0 Å². The molecule has 1 aliphatic carbocycles. The molecular formula is C33H41N3O5. The van der Waals surface area contributed by atoms with Gasteiger partial charge in [-0.25, -0.2) is 4.79 Å². The lowest BCUT2D eigenvalue weighted by molar-refractivity contribution is 0.0696. The first kappa shape index (κ1) is 30.1. The number of amides is 1. The molecule has 2 aromatic carbocycles. The van der Waals surface area contributed by atoms with Gasteiger partial charge in [0.15, 0.2) is 0 Å². The Bertz CT molecular complexity index is 1410. The van der Waals surface area contributed by atoms with Gasteiger partial charge in [0.05, 0.1) is 11.6 Å². The van der Waals surface area contributed by atoms with Crippen LogP contribution in [0, 0.1) is 6.92 Å². The van der Waals surface area contributed by atoms with Crippen LogP contribution in [0.2, 0.25) is 0 Å². The predicted molar refractivity (Wildman–Crippen MR) is 163 cm³/mol. The number of fused-ring (bicyclic) bond motifs is 2. The van der Waals surface area contributed by atoms with E-state index < -0.39 is 5.97 Å². The molecule has 0 fully saturated rings. The third-order valence-corrected chi connectivity index (χ3v) is 7.47. The Morgan fingerprint density at radius 2 is 1.76 bits per heavy atom. The number of benzene rings is 2. The van der Waals surface area contributed by atoms with Gasteiger partial charge in [-0.3, -0.25) is 4.79 Å². The van der Waals surface area contributed by atoms with Crippen LogP contribution in [0.3, 0.4) is 0 Å². The number of ether oxygens (including phenoxy) is 1. The zero-order valence-electron chi connectivity index (χ0n) is 24.4. The van der Waals surface area contributed by atoms with Crippen LogP contribution >= 0.6 is 0 Å². The van der Waals surface area contributed by atoms with Gasteiger partial charge in [-0.1, -0.05) is 31.4 Å². The Morgan fingerprint density at radius 3 is 2.46 bits per heavy atom. The van der Waals surface area contributed by atoms with Gasteiger partial charge in [-0.05, 0) is 81.6 Å². The summed E-state index contributed by atoms with van der Waals surface area (Å²) in [7, 11) is 0. The van der Waals surface area contributed by atoms with Gasteiger partial charge in [0.25, 0.3) is 5.91 Å². The number of aryl methyl sites for hydroxylation is 1. The van der Waals surface area contributed by atoms with Crippen molar-refractivity contribution in [2.45, 2.75) is 59.4 Å². The van der Waals surface area contributed by atoms with Gasteiger partial charge >= 0.3 is 5.97 Å². The second-order valence-electron chi connectivity index (χ2n) is 10.5. The van der Waals surface area contributed by atoms with Crippen molar-refractivity contribution in [3.63, 3.8) is 0 Å². The highest BCUT2D eigenvalue weighted by atomic mass is 16.5. The summed E-state index contributed by atoms with van der Waals surface area (Å²) in [5.74, 6) is -0.0815. The van der Waals surface area contributed by atoms with Gasteiger partial charge in [0.1, 0.15) is 11.5 Å². The average Bonchev–Trinajstić information content (AvgIpc) is 2.95. The second kappa shape index (κ2) is 13.7. The first-order chi connectivity index (χ1) is 19.8. The molecule has 4 rings (SSSR count). The molecule has 5 N–H and O–H groups in total. The number of carboxylic acids is 1. The number of aromatic carboxylic acids is 1. The second-order valence-corrected chi connectivity index (χ2v) is 10.5. The van der Waals surface area contributed by atoms with Gasteiger partial charge in [0, 0.05) is 53.7 Å². The molecule has 0 bridgehead atoms. The minimum Gasteiger partial charge on any atom is -0.478 e. The molecule has 1 amide bonds. The number of nitrogens with one attached hydrogen (secondary N) is 3. The largest absolute Gasteiger partial charge is 0.478 e. The fourth-order valence-electron chi connectivity index (χ4n) is 5.36. The van der Waals surface area contributed by atoms with Crippen molar-refractivity contribution < 1.29 is 24.5 Å². The van der Waals surface area contributed by atoms with E-state index in [0.29, 0.717) is 29.2 Å². The number of carbonyl (C=O) groups excluding carboxylic acids is 1. The lowest BCUT2D eigenvalue weighted by Crippen LogP contribution is -2.31. The molecule has 0 spiro atoms. The van der Waals surface area contributed by atoms with Crippen LogP contribution in [0.5, 0.6) is 5.75 Å². The number of hydrogen-bond acceptors (Lipinski definition) is 6. The smallest absolute Gasteiger partial charge is 0.336 e. The molecule has 0 saturated heterocycles. The third-order valence-electron chi connectivity index (χ3n) is 7.47. The van der Waals surface area contributed by atoms with Crippen molar-refractivity contribution in [3.8, 4) is 5.75 Å². The fourth-order valence-corrected chi connectivity index (χ4v) is 5.36. The maximum absolute atomic E-state index is 12.9. The lowest BCUT2D eigenvalue weighted by Gasteiger charge is -2.31. The maximum atomic E-state index is 12.9. The molecule has 1 heterocycles. The number of carbonyl (C=O) groups is 2. The zero-order chi connectivity index (χ0) is 29.5. The van der Waals surface area contributed by atoms with E-state index in [1.807, 2.05) is 32.1 Å². The molecule has 41 heavy (non-hydrogen) atoms. The number of hydrogen-bond donors (Lipinski definition) is 5. The van der Waals surface area contributed by atoms with E-state index >= 15 is 0 Å². The van der Waals surface area contributed by atoms with Crippen LogP contribution in [0.15, 0.2) is 59.4 Å². The maximum Gasteiger partial charge on any atom is 0.336 e. The van der Waals surface area contributed by atoms with Crippen LogP contribution < -0.4 is 20.7 Å². The predicted octanol–water partition coefficient (Wildman–Crippen LogP) is 5.42. The molecule has 0 saturated carbocycles. The number of aliphatic hydroxyl groups excluding tert-OH is 1. The quantitative estimate of drug-likeness (QED) is 0.208. The summed E-state index contributed by atoms with van der Waals surface area (Å²) in [6.45, 7) is 10.4. The van der Waals surface area contributed by atoms with E-state index in [1.165, 1.54) is 6.07 Å². The lowest BCUT2D eigenvalue weighted by atomic mass is 9.82. The third kappa shape index (κ3) is 6.72. The topological polar surface area (TPSA) is 120 Å². The van der Waals surface area contributed by atoms with Gasteiger partial charge in [-0.2, -0.15) is 0 Å². The molecule has 2 aliphatic rings. The first-order valence-electron chi connectivity index (χ1n) is 14.5. The van der Waals surface area contributed by atoms with Crippen LogP contribution in [0.4, 0.5) is 5.69 Å². The highest BCUT2D eigenvalue weighted by molar-refractivity contribution is 6.04.